The van der Waals surface area contributed by atoms with E-state index in [0.717, 1.165) is 5.56 Å². The molecule has 0 bridgehead atoms. The minimum Gasteiger partial charge on any atom is -0.466 e. The molecule has 2 N–H and O–H groups in total. The maximum Gasteiger partial charge on any atom is 0.307 e. The van der Waals surface area contributed by atoms with Gasteiger partial charge >= 0.3 is 5.97 Å². The Bertz CT molecular complexity index is 320. The Hall–Kier alpha value is -1.35. The fourth-order valence-corrected chi connectivity index (χ4v) is 1.43. The van der Waals surface area contributed by atoms with E-state index in [1.165, 1.54) is 0 Å². The van der Waals surface area contributed by atoms with Crippen LogP contribution in [0.4, 0.5) is 0 Å². The van der Waals surface area contributed by atoms with Gasteiger partial charge in [0.15, 0.2) is 0 Å². The number of hydrogen-bond donors (Lipinski definition) is 1. The van der Waals surface area contributed by atoms with Crippen molar-refractivity contribution in [3.8, 4) is 0 Å². The second kappa shape index (κ2) is 4.94. The number of esters is 1. The summed E-state index contributed by atoms with van der Waals surface area (Å²) in [6.07, 6.45) is 0.199. The van der Waals surface area contributed by atoms with Crippen LogP contribution >= 0.6 is 0 Å². The van der Waals surface area contributed by atoms with Crippen molar-refractivity contribution >= 4 is 5.97 Å². The molecule has 0 saturated heterocycles. The van der Waals surface area contributed by atoms with Gasteiger partial charge in [-0.2, -0.15) is 0 Å². The zero-order valence-corrected chi connectivity index (χ0v) is 9.19. The maximum atomic E-state index is 11.3. The topological polar surface area (TPSA) is 52.3 Å². The first-order valence-electron chi connectivity index (χ1n) is 5.06. The second-order valence-corrected chi connectivity index (χ2v) is 3.77. The predicted molar refractivity (Wildman–Crippen MR) is 59.2 cm³/mol. The third-order valence-corrected chi connectivity index (χ3v) is 2.25. The molecule has 1 aromatic carbocycles. The molecule has 0 spiro atoms. The van der Waals surface area contributed by atoms with Gasteiger partial charge in [0.1, 0.15) is 0 Å². The summed E-state index contributed by atoms with van der Waals surface area (Å²) in [7, 11) is 0. The molecule has 1 rings (SSSR count). The van der Waals surface area contributed by atoms with Gasteiger partial charge in [-0.25, -0.2) is 0 Å². The highest BCUT2D eigenvalue weighted by molar-refractivity contribution is 5.71. The monoisotopic (exact) mass is 207 g/mol. The third kappa shape index (κ3) is 3.36. The van der Waals surface area contributed by atoms with E-state index in [1.807, 2.05) is 37.3 Å². The van der Waals surface area contributed by atoms with Crippen LogP contribution in [0.25, 0.3) is 0 Å². The Balaban J connectivity index is 2.71. The quantitative estimate of drug-likeness (QED) is 0.766. The molecule has 0 heterocycles. The molecule has 0 aromatic heterocycles. The Morgan fingerprint density at radius 3 is 2.53 bits per heavy atom. The molecular weight excluding hydrogens is 190 g/mol. The maximum absolute atomic E-state index is 11.3. The molecule has 3 nitrogen and oxygen atoms in total. The molecule has 0 radical (unpaired) electrons. The molecule has 0 aliphatic carbocycles. The fourth-order valence-electron chi connectivity index (χ4n) is 1.43. The summed E-state index contributed by atoms with van der Waals surface area (Å²) in [4.78, 5) is 11.3. The standard InChI is InChI=1S/C12H17NO2/c1-3-15-11(14)9-12(2,13)10-7-5-4-6-8-10/h4-8H,3,9,13H2,1-2H3/t12-/m1/s1. The van der Waals surface area contributed by atoms with Crippen LogP contribution in [-0.4, -0.2) is 12.6 Å². The summed E-state index contributed by atoms with van der Waals surface area (Å²) in [5.41, 5.74) is 6.35. The van der Waals surface area contributed by atoms with Gasteiger partial charge in [-0.15, -0.1) is 0 Å². The largest absolute Gasteiger partial charge is 0.466 e. The fraction of sp³-hybridized carbons (Fsp3) is 0.417. The number of hydrogen-bond acceptors (Lipinski definition) is 3. The lowest BCUT2D eigenvalue weighted by atomic mass is 9.90. The van der Waals surface area contributed by atoms with Crippen molar-refractivity contribution in [3.05, 3.63) is 35.9 Å². The van der Waals surface area contributed by atoms with E-state index >= 15 is 0 Å². The molecule has 0 amide bonds. The van der Waals surface area contributed by atoms with E-state index in [-0.39, 0.29) is 12.4 Å². The van der Waals surface area contributed by atoms with Crippen LogP contribution in [0.2, 0.25) is 0 Å². The number of nitrogens with two attached hydrogens (primary N) is 1. The van der Waals surface area contributed by atoms with Crippen molar-refractivity contribution in [3.63, 3.8) is 0 Å². The van der Waals surface area contributed by atoms with E-state index in [1.54, 1.807) is 6.92 Å². The van der Waals surface area contributed by atoms with Gasteiger partial charge in [0.05, 0.1) is 13.0 Å². The smallest absolute Gasteiger partial charge is 0.307 e. The minimum atomic E-state index is -0.659. The van der Waals surface area contributed by atoms with Gasteiger partial charge in [0.25, 0.3) is 0 Å². The number of ether oxygens (including phenoxy) is 1. The van der Waals surface area contributed by atoms with Crippen LogP contribution in [0, 0.1) is 0 Å². The highest BCUT2D eigenvalue weighted by atomic mass is 16.5. The molecule has 1 aromatic rings. The van der Waals surface area contributed by atoms with E-state index in [4.69, 9.17) is 10.5 Å². The summed E-state index contributed by atoms with van der Waals surface area (Å²) in [5.74, 6) is -0.258. The van der Waals surface area contributed by atoms with Gasteiger partial charge in [-0.1, -0.05) is 30.3 Å². The Labute approximate surface area is 90.2 Å². The molecule has 3 heteroatoms. The first-order chi connectivity index (χ1) is 7.06. The van der Waals surface area contributed by atoms with Crippen molar-refractivity contribution < 1.29 is 9.53 Å². The van der Waals surface area contributed by atoms with Crippen LogP contribution in [0.1, 0.15) is 25.8 Å². The first kappa shape index (κ1) is 11.7. The van der Waals surface area contributed by atoms with Crippen LogP contribution in [-0.2, 0) is 15.1 Å². The van der Waals surface area contributed by atoms with E-state index in [2.05, 4.69) is 0 Å². The van der Waals surface area contributed by atoms with Gasteiger partial charge in [-0.05, 0) is 19.4 Å². The molecule has 0 aliphatic heterocycles. The number of carbonyl (C=O) groups is 1. The Kier molecular flexibility index (Phi) is 3.86. The second-order valence-electron chi connectivity index (χ2n) is 3.77. The average Bonchev–Trinajstić information content (AvgIpc) is 2.18. The highest BCUT2D eigenvalue weighted by Gasteiger charge is 2.25. The molecular formula is C12H17NO2. The zero-order valence-electron chi connectivity index (χ0n) is 9.19. The van der Waals surface area contributed by atoms with Gasteiger partial charge in [0.2, 0.25) is 0 Å². The molecule has 1 atom stereocenters. The van der Waals surface area contributed by atoms with Crippen molar-refractivity contribution in [1.82, 2.24) is 0 Å². The summed E-state index contributed by atoms with van der Waals surface area (Å²) < 4.78 is 4.88. The van der Waals surface area contributed by atoms with E-state index in [0.29, 0.717) is 6.61 Å². The lowest BCUT2D eigenvalue weighted by Gasteiger charge is -2.23. The van der Waals surface area contributed by atoms with E-state index < -0.39 is 5.54 Å². The normalized spacial score (nSPS) is 14.3. The predicted octanol–water partition coefficient (Wildman–Crippen LogP) is 1.81. The van der Waals surface area contributed by atoms with Crippen molar-refractivity contribution in [2.45, 2.75) is 25.8 Å². The van der Waals surface area contributed by atoms with Crippen molar-refractivity contribution in [2.24, 2.45) is 5.73 Å². The van der Waals surface area contributed by atoms with Gasteiger partial charge in [0, 0.05) is 5.54 Å². The molecule has 0 fully saturated rings. The third-order valence-electron chi connectivity index (χ3n) is 2.25. The number of benzene rings is 1. The average molecular weight is 207 g/mol. The summed E-state index contributed by atoms with van der Waals surface area (Å²) in [5, 5.41) is 0. The van der Waals surface area contributed by atoms with Crippen LogP contribution < -0.4 is 5.73 Å². The van der Waals surface area contributed by atoms with Gasteiger partial charge < -0.3 is 10.5 Å². The SMILES string of the molecule is CCOC(=O)C[C@@](C)(N)c1ccccc1. The van der Waals surface area contributed by atoms with Crippen molar-refractivity contribution in [1.29, 1.82) is 0 Å². The van der Waals surface area contributed by atoms with Gasteiger partial charge in [-0.3, -0.25) is 4.79 Å². The zero-order chi connectivity index (χ0) is 11.3. The van der Waals surface area contributed by atoms with Crippen LogP contribution in [0.3, 0.4) is 0 Å². The molecule has 0 saturated carbocycles. The summed E-state index contributed by atoms with van der Waals surface area (Å²) in [6, 6.07) is 9.57. The van der Waals surface area contributed by atoms with Crippen LogP contribution in [0.5, 0.6) is 0 Å². The van der Waals surface area contributed by atoms with Crippen LogP contribution in [0.15, 0.2) is 30.3 Å². The minimum absolute atomic E-state index is 0.199. The first-order valence-corrected chi connectivity index (χ1v) is 5.06. The number of carbonyl (C=O) groups excluding carboxylic acids is 1. The summed E-state index contributed by atoms with van der Waals surface area (Å²) >= 11 is 0. The van der Waals surface area contributed by atoms with Crippen molar-refractivity contribution in [2.75, 3.05) is 6.61 Å². The highest BCUT2D eigenvalue weighted by Crippen LogP contribution is 2.21. The molecule has 0 unspecified atom stereocenters. The Morgan fingerprint density at radius 2 is 2.00 bits per heavy atom. The summed E-state index contributed by atoms with van der Waals surface area (Å²) in [6.45, 7) is 4.01. The molecule has 82 valence electrons. The number of rotatable bonds is 4. The lowest BCUT2D eigenvalue weighted by Crippen LogP contribution is -2.36. The molecule has 15 heavy (non-hydrogen) atoms. The lowest BCUT2D eigenvalue weighted by molar-refractivity contribution is -0.144. The Morgan fingerprint density at radius 1 is 1.40 bits per heavy atom. The van der Waals surface area contributed by atoms with E-state index in [9.17, 15) is 4.79 Å². The molecule has 0 aliphatic rings.